The zero-order valence-electron chi connectivity index (χ0n) is 16.3. The third-order valence-corrected chi connectivity index (χ3v) is 4.60. The fraction of sp³-hybridized carbons (Fsp3) is 0.450. The Hall–Kier alpha value is -1.32. The number of guanidine groups is 1. The summed E-state index contributed by atoms with van der Waals surface area (Å²) in [5, 5.41) is 11.0. The maximum absolute atomic E-state index is 5.89. The van der Waals surface area contributed by atoms with Crippen molar-refractivity contribution in [3.63, 3.8) is 0 Å². The lowest BCUT2D eigenvalue weighted by Gasteiger charge is -2.15. The van der Waals surface area contributed by atoms with Gasteiger partial charge in [0.05, 0.1) is 6.61 Å². The third-order valence-electron chi connectivity index (χ3n) is 3.87. The van der Waals surface area contributed by atoms with Crippen molar-refractivity contribution in [3.05, 3.63) is 51.7 Å². The standard InChI is InChI=1S/C20H29N3O2S.HI/c1-4-24-10-11-25-19-13-16(2)5-6-18(19)14-23-20(21-3)22-9-7-17-8-12-26-15-17;/h5-6,8,12-13,15H,4,7,9-11,14H2,1-3H3,(H2,21,22,23);1H. The molecular formula is C20H30IN3O2S. The maximum Gasteiger partial charge on any atom is 0.191 e. The Labute approximate surface area is 183 Å². The number of hydrogen-bond donors (Lipinski definition) is 2. The minimum absolute atomic E-state index is 0. The van der Waals surface area contributed by atoms with Crippen molar-refractivity contribution in [2.75, 3.05) is 33.4 Å². The topological polar surface area (TPSA) is 54.9 Å². The SMILES string of the molecule is CCOCCOc1cc(C)ccc1CNC(=NC)NCCc1ccsc1.I. The van der Waals surface area contributed by atoms with Crippen molar-refractivity contribution in [3.8, 4) is 5.75 Å². The molecule has 0 spiro atoms. The van der Waals surface area contributed by atoms with Gasteiger partial charge in [0.2, 0.25) is 0 Å². The lowest BCUT2D eigenvalue weighted by molar-refractivity contribution is 0.110. The van der Waals surface area contributed by atoms with Gasteiger partial charge in [0, 0.05) is 32.3 Å². The van der Waals surface area contributed by atoms with Crippen LogP contribution >= 0.6 is 35.3 Å². The van der Waals surface area contributed by atoms with Gasteiger partial charge in [0.15, 0.2) is 5.96 Å². The fourth-order valence-corrected chi connectivity index (χ4v) is 3.16. The first-order valence-corrected chi connectivity index (χ1v) is 9.93. The van der Waals surface area contributed by atoms with Crippen LogP contribution < -0.4 is 15.4 Å². The maximum atomic E-state index is 5.89. The quantitative estimate of drug-likeness (QED) is 0.223. The van der Waals surface area contributed by atoms with Crippen LogP contribution in [-0.2, 0) is 17.7 Å². The number of nitrogens with one attached hydrogen (secondary N) is 2. The molecule has 0 unspecified atom stereocenters. The molecule has 5 nitrogen and oxygen atoms in total. The van der Waals surface area contributed by atoms with Gasteiger partial charge < -0.3 is 20.1 Å². The predicted molar refractivity (Wildman–Crippen MR) is 125 cm³/mol. The molecule has 1 aromatic carbocycles. The molecule has 0 amide bonds. The molecule has 2 N–H and O–H groups in total. The van der Waals surface area contributed by atoms with Gasteiger partial charge in [-0.25, -0.2) is 0 Å². The first-order chi connectivity index (χ1) is 12.7. The van der Waals surface area contributed by atoms with Gasteiger partial charge in [-0.1, -0.05) is 12.1 Å². The Morgan fingerprint density at radius 2 is 2.04 bits per heavy atom. The molecule has 0 saturated carbocycles. The number of rotatable bonds is 10. The minimum atomic E-state index is 0. The van der Waals surface area contributed by atoms with Crippen molar-refractivity contribution in [2.45, 2.75) is 26.8 Å². The molecule has 1 heterocycles. The van der Waals surface area contributed by atoms with E-state index in [1.54, 1.807) is 18.4 Å². The lowest BCUT2D eigenvalue weighted by Crippen LogP contribution is -2.37. The fourth-order valence-electron chi connectivity index (χ4n) is 2.46. The predicted octanol–water partition coefficient (Wildman–Crippen LogP) is 4.00. The van der Waals surface area contributed by atoms with Gasteiger partial charge in [0.25, 0.3) is 0 Å². The number of benzene rings is 1. The van der Waals surface area contributed by atoms with Crippen LogP contribution in [0.1, 0.15) is 23.6 Å². The van der Waals surface area contributed by atoms with Gasteiger partial charge in [-0.2, -0.15) is 11.3 Å². The van der Waals surface area contributed by atoms with Crippen LogP contribution in [0.25, 0.3) is 0 Å². The van der Waals surface area contributed by atoms with Crippen LogP contribution in [0.2, 0.25) is 0 Å². The molecule has 150 valence electrons. The second-order valence-electron chi connectivity index (χ2n) is 5.89. The average Bonchev–Trinajstić information content (AvgIpc) is 3.16. The highest BCUT2D eigenvalue weighted by Crippen LogP contribution is 2.20. The van der Waals surface area contributed by atoms with Gasteiger partial charge in [0.1, 0.15) is 12.4 Å². The van der Waals surface area contributed by atoms with E-state index in [9.17, 15) is 0 Å². The van der Waals surface area contributed by atoms with Crippen molar-refractivity contribution in [2.24, 2.45) is 4.99 Å². The Morgan fingerprint density at radius 1 is 1.19 bits per heavy atom. The molecule has 0 radical (unpaired) electrons. The first-order valence-electron chi connectivity index (χ1n) is 8.98. The number of thiophene rings is 1. The summed E-state index contributed by atoms with van der Waals surface area (Å²) in [6.07, 6.45) is 0.987. The van der Waals surface area contributed by atoms with Crippen LogP contribution in [-0.4, -0.2) is 39.4 Å². The van der Waals surface area contributed by atoms with E-state index >= 15 is 0 Å². The van der Waals surface area contributed by atoms with E-state index in [1.165, 1.54) is 11.1 Å². The highest BCUT2D eigenvalue weighted by atomic mass is 127. The van der Waals surface area contributed by atoms with Crippen LogP contribution in [0, 0.1) is 6.92 Å². The highest BCUT2D eigenvalue weighted by molar-refractivity contribution is 14.0. The molecule has 0 aliphatic carbocycles. The van der Waals surface area contributed by atoms with Crippen LogP contribution in [0.5, 0.6) is 5.75 Å². The Bertz CT molecular complexity index is 678. The van der Waals surface area contributed by atoms with Gasteiger partial charge in [-0.15, -0.1) is 24.0 Å². The van der Waals surface area contributed by atoms with Crippen molar-refractivity contribution in [1.82, 2.24) is 10.6 Å². The molecule has 7 heteroatoms. The van der Waals surface area contributed by atoms with E-state index in [4.69, 9.17) is 9.47 Å². The van der Waals surface area contributed by atoms with E-state index < -0.39 is 0 Å². The second kappa shape index (κ2) is 13.8. The van der Waals surface area contributed by atoms with Crippen LogP contribution in [0.3, 0.4) is 0 Å². The smallest absolute Gasteiger partial charge is 0.191 e. The zero-order chi connectivity index (χ0) is 18.6. The Kier molecular flexibility index (Phi) is 12.1. The van der Waals surface area contributed by atoms with E-state index in [0.717, 1.165) is 30.2 Å². The molecule has 0 aliphatic rings. The molecule has 0 bridgehead atoms. The van der Waals surface area contributed by atoms with Gasteiger partial charge >= 0.3 is 0 Å². The molecule has 0 aliphatic heterocycles. The normalized spacial score (nSPS) is 11.0. The van der Waals surface area contributed by atoms with E-state index in [-0.39, 0.29) is 24.0 Å². The largest absolute Gasteiger partial charge is 0.491 e. The highest BCUT2D eigenvalue weighted by Gasteiger charge is 2.06. The molecule has 27 heavy (non-hydrogen) atoms. The number of halogens is 1. The molecule has 2 rings (SSSR count). The van der Waals surface area contributed by atoms with E-state index in [1.807, 2.05) is 6.92 Å². The summed E-state index contributed by atoms with van der Waals surface area (Å²) in [5.74, 6) is 1.69. The van der Waals surface area contributed by atoms with Crippen LogP contribution in [0.4, 0.5) is 0 Å². The minimum Gasteiger partial charge on any atom is -0.491 e. The van der Waals surface area contributed by atoms with E-state index in [0.29, 0.717) is 26.4 Å². The molecule has 2 aromatic rings. The summed E-state index contributed by atoms with van der Waals surface area (Å²) in [5.41, 5.74) is 3.63. The summed E-state index contributed by atoms with van der Waals surface area (Å²) >= 11 is 1.73. The molecule has 0 atom stereocenters. The van der Waals surface area contributed by atoms with Crippen molar-refractivity contribution in [1.29, 1.82) is 0 Å². The number of aryl methyl sites for hydroxylation is 1. The van der Waals surface area contributed by atoms with Gasteiger partial charge in [-0.3, -0.25) is 4.99 Å². The van der Waals surface area contributed by atoms with E-state index in [2.05, 4.69) is 57.6 Å². The van der Waals surface area contributed by atoms with Crippen molar-refractivity contribution >= 4 is 41.3 Å². The zero-order valence-corrected chi connectivity index (χ0v) is 19.4. The monoisotopic (exact) mass is 503 g/mol. The summed E-state index contributed by atoms with van der Waals surface area (Å²) in [4.78, 5) is 4.29. The summed E-state index contributed by atoms with van der Waals surface area (Å²) in [6, 6.07) is 8.41. The average molecular weight is 503 g/mol. The number of ether oxygens (including phenoxy) is 2. The Morgan fingerprint density at radius 3 is 2.74 bits per heavy atom. The third kappa shape index (κ3) is 8.94. The number of hydrogen-bond acceptors (Lipinski definition) is 4. The second-order valence-corrected chi connectivity index (χ2v) is 6.67. The van der Waals surface area contributed by atoms with Crippen molar-refractivity contribution < 1.29 is 9.47 Å². The summed E-state index contributed by atoms with van der Waals surface area (Å²) in [7, 11) is 1.79. The molecule has 1 aromatic heterocycles. The molecular weight excluding hydrogens is 473 g/mol. The number of aliphatic imine (C=N–C) groups is 1. The first kappa shape index (κ1) is 23.7. The molecule has 0 saturated heterocycles. The van der Waals surface area contributed by atoms with Gasteiger partial charge in [-0.05, 0) is 54.3 Å². The number of nitrogens with zero attached hydrogens (tertiary/aromatic N) is 1. The van der Waals surface area contributed by atoms with Crippen LogP contribution in [0.15, 0.2) is 40.0 Å². The summed E-state index contributed by atoms with van der Waals surface area (Å²) in [6.45, 7) is 7.42. The summed E-state index contributed by atoms with van der Waals surface area (Å²) < 4.78 is 11.2. The Balaban J connectivity index is 0.00000364. The molecule has 0 fully saturated rings. The lowest BCUT2D eigenvalue weighted by atomic mass is 10.1.